The van der Waals surface area contributed by atoms with Crippen molar-refractivity contribution in [2.75, 3.05) is 5.84 Å². The van der Waals surface area contributed by atoms with Gasteiger partial charge in [0.05, 0.1) is 10.9 Å². The van der Waals surface area contributed by atoms with E-state index in [1.54, 1.807) is 12.1 Å². The van der Waals surface area contributed by atoms with E-state index in [4.69, 9.17) is 17.4 Å². The molecule has 0 aliphatic rings. The normalized spacial score (nSPS) is 10.9. The van der Waals surface area contributed by atoms with E-state index in [9.17, 15) is 4.79 Å². The van der Waals surface area contributed by atoms with Crippen molar-refractivity contribution < 1.29 is 0 Å². The Bertz CT molecular complexity index is 846. The number of nitrogens with zero attached hydrogens (tertiary/aromatic N) is 2. The molecule has 0 radical (unpaired) electrons. The molecule has 0 aliphatic heterocycles. The second-order valence-corrected chi connectivity index (χ2v) is 5.88. The summed E-state index contributed by atoms with van der Waals surface area (Å²) >= 11 is 7.27. The fourth-order valence-corrected chi connectivity index (χ4v) is 2.95. The number of nitrogens with two attached hydrogens (primary N) is 1. The van der Waals surface area contributed by atoms with Crippen LogP contribution in [0.5, 0.6) is 0 Å². The highest BCUT2D eigenvalue weighted by molar-refractivity contribution is 7.98. The third-order valence-corrected chi connectivity index (χ3v) is 4.33. The SMILES string of the molecule is Nn1c(SCc2ccc(Cl)cc2)nc2ccccc2c1=O. The number of thioether (sulfide) groups is 1. The van der Waals surface area contributed by atoms with Gasteiger partial charge in [0.15, 0.2) is 5.16 Å². The predicted molar refractivity (Wildman–Crippen MR) is 87.2 cm³/mol. The molecule has 0 aliphatic carbocycles. The first-order valence-corrected chi connectivity index (χ1v) is 7.65. The number of benzene rings is 2. The first-order valence-electron chi connectivity index (χ1n) is 6.29. The molecular weight excluding hydrogens is 306 g/mol. The minimum absolute atomic E-state index is 0.237. The number of hydrogen-bond donors (Lipinski definition) is 1. The first kappa shape index (κ1) is 14.0. The van der Waals surface area contributed by atoms with Crippen molar-refractivity contribution in [1.82, 2.24) is 9.66 Å². The second kappa shape index (κ2) is 5.79. The molecule has 0 amide bonds. The van der Waals surface area contributed by atoms with E-state index in [0.717, 1.165) is 10.2 Å². The lowest BCUT2D eigenvalue weighted by Crippen LogP contribution is -2.29. The van der Waals surface area contributed by atoms with Crippen molar-refractivity contribution >= 4 is 34.3 Å². The van der Waals surface area contributed by atoms with Crippen molar-refractivity contribution in [3.8, 4) is 0 Å². The molecule has 0 atom stereocenters. The van der Waals surface area contributed by atoms with Crippen LogP contribution in [0.15, 0.2) is 58.5 Å². The average molecular weight is 318 g/mol. The molecule has 0 saturated heterocycles. The number of nitrogen functional groups attached to an aromatic ring is 1. The maximum atomic E-state index is 12.2. The number of hydrogen-bond acceptors (Lipinski definition) is 4. The molecule has 4 nitrogen and oxygen atoms in total. The van der Waals surface area contributed by atoms with E-state index in [-0.39, 0.29) is 5.56 Å². The van der Waals surface area contributed by atoms with Gasteiger partial charge in [-0.05, 0) is 29.8 Å². The van der Waals surface area contributed by atoms with Gasteiger partial charge in [-0.2, -0.15) is 0 Å². The van der Waals surface area contributed by atoms with Crippen LogP contribution in [-0.2, 0) is 5.75 Å². The Morgan fingerprint density at radius 2 is 1.86 bits per heavy atom. The molecule has 106 valence electrons. The zero-order valence-corrected chi connectivity index (χ0v) is 12.6. The van der Waals surface area contributed by atoms with Gasteiger partial charge in [0.2, 0.25) is 0 Å². The molecule has 0 unspecified atom stereocenters. The molecule has 0 bridgehead atoms. The lowest BCUT2D eigenvalue weighted by Gasteiger charge is -2.08. The highest BCUT2D eigenvalue weighted by Crippen LogP contribution is 2.21. The first-order chi connectivity index (χ1) is 10.1. The second-order valence-electron chi connectivity index (χ2n) is 4.50. The summed E-state index contributed by atoms with van der Waals surface area (Å²) in [6.07, 6.45) is 0. The highest BCUT2D eigenvalue weighted by atomic mass is 35.5. The number of halogens is 1. The van der Waals surface area contributed by atoms with Crippen LogP contribution >= 0.6 is 23.4 Å². The smallest absolute Gasteiger partial charge is 0.280 e. The van der Waals surface area contributed by atoms with Gasteiger partial charge in [0.25, 0.3) is 5.56 Å². The molecule has 1 heterocycles. The van der Waals surface area contributed by atoms with Crippen molar-refractivity contribution in [2.24, 2.45) is 0 Å². The Kier molecular flexibility index (Phi) is 3.86. The van der Waals surface area contributed by atoms with E-state index < -0.39 is 0 Å². The zero-order chi connectivity index (χ0) is 14.8. The minimum atomic E-state index is -0.237. The van der Waals surface area contributed by atoms with Crippen LogP contribution < -0.4 is 11.4 Å². The third-order valence-electron chi connectivity index (χ3n) is 3.06. The molecule has 6 heteroatoms. The minimum Gasteiger partial charge on any atom is -0.334 e. The van der Waals surface area contributed by atoms with Gasteiger partial charge in [-0.25, -0.2) is 9.66 Å². The summed E-state index contributed by atoms with van der Waals surface area (Å²) in [5, 5.41) is 1.72. The number of aromatic nitrogens is 2. The summed E-state index contributed by atoms with van der Waals surface area (Å²) in [7, 11) is 0. The fourth-order valence-electron chi connectivity index (χ4n) is 1.96. The Labute approximate surface area is 130 Å². The largest absolute Gasteiger partial charge is 0.334 e. The Morgan fingerprint density at radius 1 is 1.14 bits per heavy atom. The Balaban J connectivity index is 1.92. The van der Waals surface area contributed by atoms with Crippen LogP contribution in [0.25, 0.3) is 10.9 Å². The van der Waals surface area contributed by atoms with Crippen LogP contribution in [0.2, 0.25) is 5.02 Å². The van der Waals surface area contributed by atoms with Crippen molar-refractivity contribution in [3.05, 3.63) is 69.5 Å². The molecule has 0 saturated carbocycles. The van der Waals surface area contributed by atoms with Crippen molar-refractivity contribution in [2.45, 2.75) is 10.9 Å². The van der Waals surface area contributed by atoms with E-state index in [1.165, 1.54) is 11.8 Å². The number of fused-ring (bicyclic) bond motifs is 1. The highest BCUT2D eigenvalue weighted by Gasteiger charge is 2.09. The maximum absolute atomic E-state index is 12.2. The van der Waals surface area contributed by atoms with Crippen LogP contribution in [0, 0.1) is 0 Å². The number of rotatable bonds is 3. The van der Waals surface area contributed by atoms with E-state index in [2.05, 4.69) is 4.98 Å². The zero-order valence-electron chi connectivity index (χ0n) is 11.0. The monoisotopic (exact) mass is 317 g/mol. The molecule has 1 aromatic heterocycles. The summed E-state index contributed by atoms with van der Waals surface area (Å²) < 4.78 is 1.10. The topological polar surface area (TPSA) is 60.9 Å². The lowest BCUT2D eigenvalue weighted by molar-refractivity contribution is 0.779. The Morgan fingerprint density at radius 3 is 2.62 bits per heavy atom. The molecular formula is C15H12ClN3OS. The van der Waals surface area contributed by atoms with Crippen molar-refractivity contribution in [1.29, 1.82) is 0 Å². The molecule has 0 spiro atoms. The van der Waals surface area contributed by atoms with E-state index in [0.29, 0.717) is 26.8 Å². The van der Waals surface area contributed by atoms with E-state index >= 15 is 0 Å². The molecule has 2 N–H and O–H groups in total. The van der Waals surface area contributed by atoms with Gasteiger partial charge in [-0.3, -0.25) is 4.79 Å². The van der Waals surface area contributed by atoms with Gasteiger partial charge in [0.1, 0.15) is 0 Å². The standard InChI is InChI=1S/C15H12ClN3OS/c16-11-7-5-10(6-8-11)9-21-15-18-13-4-2-1-3-12(13)14(20)19(15)17/h1-8H,9,17H2. The lowest BCUT2D eigenvalue weighted by atomic mass is 10.2. The summed E-state index contributed by atoms with van der Waals surface area (Å²) in [6.45, 7) is 0. The summed E-state index contributed by atoms with van der Waals surface area (Å²) in [5.74, 6) is 6.50. The van der Waals surface area contributed by atoms with Crippen molar-refractivity contribution in [3.63, 3.8) is 0 Å². The van der Waals surface area contributed by atoms with Gasteiger partial charge in [-0.1, -0.05) is 47.6 Å². The molecule has 3 aromatic rings. The Hall–Kier alpha value is -1.98. The van der Waals surface area contributed by atoms with E-state index in [1.807, 2.05) is 36.4 Å². The van der Waals surface area contributed by atoms with Crippen LogP contribution in [0.4, 0.5) is 0 Å². The maximum Gasteiger partial charge on any atom is 0.280 e. The van der Waals surface area contributed by atoms with Gasteiger partial charge >= 0.3 is 0 Å². The number of para-hydroxylation sites is 1. The summed E-state index contributed by atoms with van der Waals surface area (Å²) in [4.78, 5) is 16.6. The molecule has 21 heavy (non-hydrogen) atoms. The van der Waals surface area contributed by atoms with Crippen LogP contribution in [0.1, 0.15) is 5.56 Å². The summed E-state index contributed by atoms with van der Waals surface area (Å²) in [6, 6.07) is 14.7. The summed E-state index contributed by atoms with van der Waals surface area (Å²) in [5.41, 5.74) is 1.51. The molecule has 3 rings (SSSR count). The molecule has 2 aromatic carbocycles. The quantitative estimate of drug-likeness (QED) is 0.458. The average Bonchev–Trinajstić information content (AvgIpc) is 2.51. The fraction of sp³-hybridized carbons (Fsp3) is 0.0667. The van der Waals surface area contributed by atoms with Crippen LogP contribution in [-0.4, -0.2) is 9.66 Å². The molecule has 0 fully saturated rings. The van der Waals surface area contributed by atoms with Gasteiger partial charge in [0, 0.05) is 10.8 Å². The van der Waals surface area contributed by atoms with Gasteiger partial charge < -0.3 is 5.84 Å². The third kappa shape index (κ3) is 2.89. The van der Waals surface area contributed by atoms with Crippen LogP contribution in [0.3, 0.4) is 0 Å². The van der Waals surface area contributed by atoms with Gasteiger partial charge in [-0.15, -0.1) is 0 Å². The predicted octanol–water partition coefficient (Wildman–Crippen LogP) is 3.06.